The predicted molar refractivity (Wildman–Crippen MR) is 158 cm³/mol. The van der Waals surface area contributed by atoms with E-state index in [9.17, 15) is 0 Å². The zero-order valence-corrected chi connectivity index (χ0v) is 27.0. The molecule has 2 aromatic rings. The standard InChI is InChI=1S/2C14H17.2CH3.2ClH.H2Si.Zr/c2*1-2-3-4-7-12-10-11-13-8-5-6-9-14(12)13;;;;;;/h2*3,5-6,8-12H,2,4,7H2,1H3;2*1H3;2*1H;1H2;. The Hall–Kier alpha value is -0.400. The van der Waals surface area contributed by atoms with E-state index in [4.69, 9.17) is 0 Å². The van der Waals surface area contributed by atoms with Crippen LogP contribution in [0, 0.1) is 0 Å². The minimum absolute atomic E-state index is 0. The third-order valence-electron chi connectivity index (χ3n) is 9.13. The fourth-order valence-electron chi connectivity index (χ4n) is 6.94. The molecule has 4 heteroatoms. The molecule has 0 aromatic heterocycles. The number of halogens is 2. The summed E-state index contributed by atoms with van der Waals surface area (Å²) < 4.78 is 7.51. The molecule has 0 spiro atoms. The molecule has 0 radical (unpaired) electrons. The van der Waals surface area contributed by atoms with Crippen LogP contribution in [0.5, 0.6) is 0 Å². The SMILES string of the molecule is CC[CH](CCC1C=Cc2ccccc21)[Zr]([CH3])([CH3])(=[SiH2])[CH](CC)CCC1C=Cc2ccccc21.Cl.Cl. The largest absolute Gasteiger partial charge is 0.147 e. The molecule has 0 nitrogen and oxygen atoms in total. The third kappa shape index (κ3) is 6.11. The fraction of sp³-hybridized carbons (Fsp3) is 0.467. The Morgan fingerprint density at radius 1 is 0.706 bits per heavy atom. The Balaban J connectivity index is 0.00000204. The van der Waals surface area contributed by atoms with Crippen molar-refractivity contribution < 1.29 is 17.4 Å². The van der Waals surface area contributed by atoms with Crippen molar-refractivity contribution in [3.05, 3.63) is 82.9 Å². The number of rotatable bonds is 10. The molecule has 0 N–H and O–H groups in total. The summed E-state index contributed by atoms with van der Waals surface area (Å²) in [5.74, 6) is 1.27. The monoisotopic (exact) mass is 592 g/mol. The third-order valence-corrected chi connectivity index (χ3v) is 32.6. The van der Waals surface area contributed by atoms with E-state index >= 15 is 0 Å². The van der Waals surface area contributed by atoms with Gasteiger partial charge in [0, 0.05) is 0 Å². The quantitative estimate of drug-likeness (QED) is 0.240. The van der Waals surface area contributed by atoms with E-state index in [1.807, 2.05) is 0 Å². The number of benzene rings is 2. The van der Waals surface area contributed by atoms with E-state index in [-0.39, 0.29) is 24.8 Å². The molecule has 34 heavy (non-hydrogen) atoms. The van der Waals surface area contributed by atoms with E-state index in [0.29, 0.717) is 11.8 Å². The van der Waals surface area contributed by atoms with Gasteiger partial charge >= 0.3 is 200 Å². The van der Waals surface area contributed by atoms with Crippen LogP contribution in [0.1, 0.15) is 86.5 Å². The van der Waals surface area contributed by atoms with Gasteiger partial charge < -0.3 is 0 Å². The predicted octanol–water partition coefficient (Wildman–Crippen LogP) is 9.74. The van der Waals surface area contributed by atoms with Crippen LogP contribution < -0.4 is 0 Å². The Kier molecular flexibility index (Phi) is 10.7. The maximum atomic E-state index is 2.80. The first-order valence-corrected chi connectivity index (χ1v) is 26.6. The van der Waals surface area contributed by atoms with Gasteiger partial charge in [0.25, 0.3) is 0 Å². The molecular weight excluding hydrogens is 551 g/mol. The van der Waals surface area contributed by atoms with E-state index in [1.165, 1.54) is 49.7 Å². The van der Waals surface area contributed by atoms with Crippen molar-refractivity contribution in [2.24, 2.45) is 0 Å². The van der Waals surface area contributed by atoms with E-state index < -0.39 is 17.4 Å². The second kappa shape index (κ2) is 12.2. The van der Waals surface area contributed by atoms with Crippen LogP contribution in [0.25, 0.3) is 12.2 Å². The Morgan fingerprint density at radius 3 is 1.47 bits per heavy atom. The molecule has 0 fully saturated rings. The summed E-state index contributed by atoms with van der Waals surface area (Å²) in [4.78, 5) is 0. The van der Waals surface area contributed by atoms with Gasteiger partial charge in [0.15, 0.2) is 0 Å². The number of hydrogen-bond acceptors (Lipinski definition) is 0. The second-order valence-electron chi connectivity index (χ2n) is 11.5. The summed E-state index contributed by atoms with van der Waals surface area (Å²) >= 11 is -2.86. The molecule has 0 saturated heterocycles. The van der Waals surface area contributed by atoms with Gasteiger partial charge in [-0.15, -0.1) is 24.8 Å². The van der Waals surface area contributed by atoms with Crippen LogP contribution >= 0.6 is 24.8 Å². The van der Waals surface area contributed by atoms with E-state index in [2.05, 4.69) is 103 Å². The molecule has 2 aliphatic carbocycles. The van der Waals surface area contributed by atoms with Gasteiger partial charge in [0.1, 0.15) is 0 Å². The van der Waals surface area contributed by atoms with Crippen molar-refractivity contribution >= 4 is 43.8 Å². The maximum Gasteiger partial charge on any atom is -0.147 e. The maximum absolute atomic E-state index is 2.86. The summed E-state index contributed by atoms with van der Waals surface area (Å²) in [6.07, 6.45) is 17.8. The van der Waals surface area contributed by atoms with Gasteiger partial charge in [-0.05, 0) is 0 Å². The van der Waals surface area contributed by atoms with Crippen molar-refractivity contribution in [3.8, 4) is 0 Å². The van der Waals surface area contributed by atoms with Gasteiger partial charge in [-0.2, -0.15) is 0 Å². The summed E-state index contributed by atoms with van der Waals surface area (Å²) in [5, 5.41) is 0. The molecule has 2 aromatic carbocycles. The summed E-state index contributed by atoms with van der Waals surface area (Å²) in [5.41, 5.74) is 6.00. The molecule has 0 bridgehead atoms. The van der Waals surface area contributed by atoms with Gasteiger partial charge in [0.05, 0.1) is 0 Å². The molecule has 0 amide bonds. The molecule has 186 valence electrons. The van der Waals surface area contributed by atoms with Gasteiger partial charge in [0.2, 0.25) is 0 Å². The van der Waals surface area contributed by atoms with Crippen molar-refractivity contribution in [1.82, 2.24) is 0 Å². The molecule has 0 aliphatic heterocycles. The summed E-state index contributed by atoms with van der Waals surface area (Å²) in [7, 11) is 0. The van der Waals surface area contributed by atoms with Crippen molar-refractivity contribution in [2.45, 2.75) is 80.7 Å². The molecule has 0 heterocycles. The van der Waals surface area contributed by atoms with Crippen molar-refractivity contribution in [1.29, 1.82) is 0 Å². The first-order chi connectivity index (χ1) is 15.3. The average Bonchev–Trinajstić information content (AvgIpc) is 3.38. The molecular formula is C30H44Cl2SiZr. The van der Waals surface area contributed by atoms with Gasteiger partial charge in [-0.1, -0.05) is 0 Å². The first-order valence-electron chi connectivity index (χ1n) is 12.9. The summed E-state index contributed by atoms with van der Waals surface area (Å²) in [6, 6.07) is 18.0. The van der Waals surface area contributed by atoms with Crippen LogP contribution in [0.3, 0.4) is 0 Å². The molecule has 4 rings (SSSR count). The van der Waals surface area contributed by atoms with Crippen LogP contribution in [0.15, 0.2) is 60.7 Å². The molecule has 4 atom stereocenters. The molecule has 0 saturated carbocycles. The smallest absolute Gasteiger partial charge is 0.147 e. The second-order valence-corrected chi connectivity index (χ2v) is 43.1. The minimum atomic E-state index is -2.86. The van der Waals surface area contributed by atoms with Gasteiger partial charge in [-0.25, -0.2) is 0 Å². The Labute approximate surface area is 223 Å². The van der Waals surface area contributed by atoms with Crippen molar-refractivity contribution in [3.63, 3.8) is 0 Å². The van der Waals surface area contributed by atoms with Crippen LogP contribution in [0.2, 0.25) is 16.5 Å². The minimum Gasteiger partial charge on any atom is -0.147 e. The first kappa shape index (κ1) is 29.8. The topological polar surface area (TPSA) is 0 Å². The van der Waals surface area contributed by atoms with Crippen LogP contribution in [0.4, 0.5) is 0 Å². The van der Waals surface area contributed by atoms with E-state index in [0.717, 1.165) is 7.25 Å². The Morgan fingerprint density at radius 2 is 1.09 bits per heavy atom. The zero-order chi connectivity index (χ0) is 22.8. The number of fused-ring (bicyclic) bond motifs is 2. The van der Waals surface area contributed by atoms with Crippen LogP contribution in [-0.2, 0) is 17.4 Å². The fourth-order valence-corrected chi connectivity index (χ4v) is 26.5. The number of hydrogen-bond donors (Lipinski definition) is 0. The molecule has 4 unspecified atom stereocenters. The average molecular weight is 595 g/mol. The Bertz CT molecular complexity index is 1000. The van der Waals surface area contributed by atoms with E-state index in [1.54, 1.807) is 11.1 Å². The van der Waals surface area contributed by atoms with Gasteiger partial charge in [-0.3, -0.25) is 0 Å². The van der Waals surface area contributed by atoms with Crippen LogP contribution in [-0.4, -0.2) is 6.88 Å². The van der Waals surface area contributed by atoms with Crippen molar-refractivity contribution in [2.75, 3.05) is 0 Å². The zero-order valence-electron chi connectivity index (χ0n) is 21.5. The molecule has 2 aliphatic rings. The summed E-state index contributed by atoms with van der Waals surface area (Å²) in [6.45, 7) is 7.47. The number of allylic oxidation sites excluding steroid dienone is 2. The normalized spacial score (nSPS) is 20.1.